The number of aromatic nitrogens is 1. The molecule has 2 fully saturated rings. The third kappa shape index (κ3) is 3.52. The maximum absolute atomic E-state index is 5.79. The van der Waals surface area contributed by atoms with Crippen molar-refractivity contribution < 1.29 is 0 Å². The lowest BCUT2D eigenvalue weighted by atomic mass is 9.95. The van der Waals surface area contributed by atoms with Gasteiger partial charge in [-0.2, -0.15) is 0 Å². The van der Waals surface area contributed by atoms with E-state index in [9.17, 15) is 0 Å². The minimum Gasteiger partial charge on any atom is -0.388 e. The topological polar surface area (TPSA) is 45.4 Å². The van der Waals surface area contributed by atoms with Gasteiger partial charge in [-0.15, -0.1) is 0 Å². The summed E-state index contributed by atoms with van der Waals surface area (Å²) in [5, 5.41) is 0. The van der Waals surface area contributed by atoms with E-state index in [1.165, 1.54) is 45.3 Å². The van der Waals surface area contributed by atoms with Crippen molar-refractivity contribution in [3.63, 3.8) is 0 Å². The molecule has 0 aromatic carbocycles. The Hall–Kier alpha value is -1.20. The summed E-state index contributed by atoms with van der Waals surface area (Å²) in [7, 11) is 0. The normalized spacial score (nSPS) is 20.9. The zero-order valence-corrected chi connectivity index (χ0v) is 13.3. The highest BCUT2D eigenvalue weighted by molar-refractivity contribution is 7.80. The van der Waals surface area contributed by atoms with Crippen LogP contribution in [0.2, 0.25) is 0 Å². The van der Waals surface area contributed by atoms with Crippen molar-refractivity contribution in [2.24, 2.45) is 11.7 Å². The molecule has 1 aromatic heterocycles. The quantitative estimate of drug-likeness (QED) is 0.862. The maximum atomic E-state index is 5.79. The van der Waals surface area contributed by atoms with Crippen LogP contribution in [0.1, 0.15) is 31.4 Å². The van der Waals surface area contributed by atoms with Gasteiger partial charge in [0.15, 0.2) is 0 Å². The number of nitrogens with two attached hydrogens (primary N) is 1. The standard InChI is InChI=1S/C16H24N4S/c17-16(21)15-14(4-3-7-18-15)20-10-5-13(6-11-20)12-19-8-1-2-9-19/h3-4,7,13H,1-2,5-6,8-12H2,(H2,17,21). The molecule has 3 rings (SSSR count). The second-order valence-corrected chi connectivity index (χ2v) is 6.61. The molecule has 0 amide bonds. The van der Waals surface area contributed by atoms with Gasteiger partial charge in [0.25, 0.3) is 0 Å². The van der Waals surface area contributed by atoms with Gasteiger partial charge < -0.3 is 15.5 Å². The van der Waals surface area contributed by atoms with Crippen LogP contribution in [-0.2, 0) is 0 Å². The molecule has 2 aliphatic rings. The first-order valence-electron chi connectivity index (χ1n) is 7.96. The van der Waals surface area contributed by atoms with E-state index in [-0.39, 0.29) is 0 Å². The molecule has 0 aliphatic carbocycles. The van der Waals surface area contributed by atoms with Gasteiger partial charge in [0.2, 0.25) is 0 Å². The van der Waals surface area contributed by atoms with Gasteiger partial charge >= 0.3 is 0 Å². The Morgan fingerprint density at radius 3 is 2.62 bits per heavy atom. The Labute approximate surface area is 132 Å². The van der Waals surface area contributed by atoms with Crippen LogP contribution in [0.5, 0.6) is 0 Å². The Bertz CT molecular complexity index is 491. The third-order valence-corrected chi connectivity index (χ3v) is 4.88. The molecule has 114 valence electrons. The van der Waals surface area contributed by atoms with Crippen molar-refractivity contribution in [3.05, 3.63) is 24.0 Å². The summed E-state index contributed by atoms with van der Waals surface area (Å²) in [6.45, 7) is 6.05. The fourth-order valence-corrected chi connectivity index (χ4v) is 3.69. The summed E-state index contributed by atoms with van der Waals surface area (Å²) >= 11 is 5.12. The zero-order chi connectivity index (χ0) is 14.7. The van der Waals surface area contributed by atoms with Crippen molar-refractivity contribution in [3.8, 4) is 0 Å². The zero-order valence-electron chi connectivity index (χ0n) is 12.5. The maximum Gasteiger partial charge on any atom is 0.124 e. The molecule has 0 unspecified atom stereocenters. The number of nitrogens with zero attached hydrogens (tertiary/aromatic N) is 3. The summed E-state index contributed by atoms with van der Waals surface area (Å²) < 4.78 is 0. The summed E-state index contributed by atoms with van der Waals surface area (Å²) in [6.07, 6.45) is 7.03. The number of anilines is 1. The van der Waals surface area contributed by atoms with Crippen molar-refractivity contribution in [1.29, 1.82) is 0 Å². The fraction of sp³-hybridized carbons (Fsp3) is 0.625. The number of likely N-dealkylation sites (tertiary alicyclic amines) is 1. The second-order valence-electron chi connectivity index (χ2n) is 6.17. The van der Waals surface area contributed by atoms with E-state index in [1.54, 1.807) is 6.20 Å². The highest BCUT2D eigenvalue weighted by Crippen LogP contribution is 2.26. The summed E-state index contributed by atoms with van der Waals surface area (Å²) in [5.74, 6) is 0.837. The summed E-state index contributed by atoms with van der Waals surface area (Å²) in [4.78, 5) is 9.75. The van der Waals surface area contributed by atoms with Crippen molar-refractivity contribution >= 4 is 22.9 Å². The Morgan fingerprint density at radius 2 is 1.95 bits per heavy atom. The predicted octanol–water partition coefficient (Wildman–Crippen LogP) is 2.03. The molecule has 21 heavy (non-hydrogen) atoms. The largest absolute Gasteiger partial charge is 0.388 e. The van der Waals surface area contributed by atoms with Crippen LogP contribution in [-0.4, -0.2) is 47.6 Å². The molecule has 0 spiro atoms. The van der Waals surface area contributed by atoms with Crippen LogP contribution in [0.25, 0.3) is 0 Å². The molecule has 0 atom stereocenters. The first kappa shape index (κ1) is 14.7. The van der Waals surface area contributed by atoms with Gasteiger partial charge in [-0.25, -0.2) is 0 Å². The number of hydrogen-bond acceptors (Lipinski definition) is 4. The molecule has 3 heterocycles. The number of pyridine rings is 1. The molecule has 2 aliphatic heterocycles. The summed E-state index contributed by atoms with van der Waals surface area (Å²) in [6, 6.07) is 4.05. The van der Waals surface area contributed by atoms with Gasteiger partial charge in [0, 0.05) is 25.8 Å². The highest BCUT2D eigenvalue weighted by atomic mass is 32.1. The molecule has 0 radical (unpaired) electrons. The van der Waals surface area contributed by atoms with Crippen molar-refractivity contribution in [2.75, 3.05) is 37.6 Å². The number of rotatable bonds is 4. The summed E-state index contributed by atoms with van der Waals surface area (Å²) in [5.41, 5.74) is 7.66. The van der Waals surface area contributed by atoms with Crippen LogP contribution in [0.15, 0.2) is 18.3 Å². The molecule has 1 aromatic rings. The fourth-order valence-electron chi connectivity index (χ4n) is 3.53. The van der Waals surface area contributed by atoms with Gasteiger partial charge in [0.1, 0.15) is 10.7 Å². The van der Waals surface area contributed by atoms with Crippen LogP contribution >= 0.6 is 12.2 Å². The monoisotopic (exact) mass is 304 g/mol. The molecular weight excluding hydrogens is 280 g/mol. The van der Waals surface area contributed by atoms with Crippen LogP contribution in [0.3, 0.4) is 0 Å². The van der Waals surface area contributed by atoms with Gasteiger partial charge in [0.05, 0.1) is 5.69 Å². The lowest BCUT2D eigenvalue weighted by molar-refractivity contribution is 0.249. The molecule has 5 heteroatoms. The van der Waals surface area contributed by atoms with E-state index in [0.29, 0.717) is 4.99 Å². The Morgan fingerprint density at radius 1 is 1.24 bits per heavy atom. The molecule has 2 saturated heterocycles. The average Bonchev–Trinajstić information content (AvgIpc) is 3.01. The van der Waals surface area contributed by atoms with Crippen LogP contribution < -0.4 is 10.6 Å². The third-order valence-electron chi connectivity index (χ3n) is 4.69. The van der Waals surface area contributed by atoms with Crippen molar-refractivity contribution in [1.82, 2.24) is 9.88 Å². The van der Waals surface area contributed by atoms with Crippen LogP contribution in [0.4, 0.5) is 5.69 Å². The lowest BCUT2D eigenvalue weighted by Gasteiger charge is -2.35. The first-order valence-corrected chi connectivity index (χ1v) is 8.37. The lowest BCUT2D eigenvalue weighted by Crippen LogP contribution is -2.39. The molecule has 4 nitrogen and oxygen atoms in total. The molecule has 2 N–H and O–H groups in total. The van der Waals surface area contributed by atoms with Gasteiger partial charge in [-0.1, -0.05) is 12.2 Å². The molecule has 0 saturated carbocycles. The first-order chi connectivity index (χ1) is 10.2. The number of hydrogen-bond donors (Lipinski definition) is 1. The SMILES string of the molecule is NC(=S)c1ncccc1N1CCC(CN2CCCC2)CC1. The van der Waals surface area contributed by atoms with Crippen LogP contribution in [0, 0.1) is 5.92 Å². The molecule has 0 bridgehead atoms. The minimum atomic E-state index is 0.393. The Balaban J connectivity index is 1.59. The Kier molecular flexibility index (Phi) is 4.70. The molecular formula is C16H24N4S. The van der Waals surface area contributed by atoms with Gasteiger partial charge in [-0.3, -0.25) is 4.98 Å². The average molecular weight is 304 g/mol. The second kappa shape index (κ2) is 6.71. The van der Waals surface area contributed by atoms with E-state index in [4.69, 9.17) is 18.0 Å². The van der Waals surface area contributed by atoms with Gasteiger partial charge in [-0.05, 0) is 56.8 Å². The van der Waals surface area contributed by atoms with Crippen molar-refractivity contribution in [2.45, 2.75) is 25.7 Å². The van der Waals surface area contributed by atoms with E-state index in [2.05, 4.69) is 20.9 Å². The van der Waals surface area contributed by atoms with E-state index in [1.807, 2.05) is 6.07 Å². The van der Waals surface area contributed by atoms with E-state index < -0.39 is 0 Å². The highest BCUT2D eigenvalue weighted by Gasteiger charge is 2.24. The van der Waals surface area contributed by atoms with E-state index in [0.717, 1.165) is 30.4 Å². The number of thiocarbonyl (C=S) groups is 1. The predicted molar refractivity (Wildman–Crippen MR) is 90.7 cm³/mol. The smallest absolute Gasteiger partial charge is 0.124 e. The van der Waals surface area contributed by atoms with E-state index >= 15 is 0 Å². The number of piperidine rings is 1. The minimum absolute atomic E-state index is 0.393.